The number of anilines is 1. The maximum absolute atomic E-state index is 12.7. The topological polar surface area (TPSA) is 38.3 Å². The zero-order chi connectivity index (χ0) is 16.0. The van der Waals surface area contributed by atoms with Crippen molar-refractivity contribution < 1.29 is 22.7 Å². The normalized spacial score (nSPS) is 12.9. The highest BCUT2D eigenvalue weighted by Crippen LogP contribution is 2.32. The van der Waals surface area contributed by atoms with E-state index in [1.807, 2.05) is 6.92 Å². The lowest BCUT2D eigenvalue weighted by atomic mass is 10.1. The van der Waals surface area contributed by atoms with Crippen molar-refractivity contribution in [2.75, 3.05) is 11.9 Å². The summed E-state index contributed by atoms with van der Waals surface area (Å²) < 4.78 is 43.2. The van der Waals surface area contributed by atoms with Crippen molar-refractivity contribution in [3.8, 4) is 0 Å². The van der Waals surface area contributed by atoms with Crippen LogP contribution in [-0.4, -0.2) is 18.6 Å². The Hall–Kier alpha value is -1.72. The highest BCUT2D eigenvalue weighted by atomic mass is 19.4. The number of ether oxygens (including phenoxy) is 1. The van der Waals surface area contributed by atoms with Crippen molar-refractivity contribution in [3.63, 3.8) is 0 Å². The van der Waals surface area contributed by atoms with Gasteiger partial charge in [-0.1, -0.05) is 19.4 Å². The summed E-state index contributed by atoms with van der Waals surface area (Å²) in [5.41, 5.74) is 0.208. The summed E-state index contributed by atoms with van der Waals surface area (Å²) in [6, 6.07) is 2.80. The van der Waals surface area contributed by atoms with Gasteiger partial charge in [0.2, 0.25) is 0 Å². The average Bonchev–Trinajstić information content (AvgIpc) is 2.39. The summed E-state index contributed by atoms with van der Waals surface area (Å²) in [6.07, 6.45) is -3.20. The van der Waals surface area contributed by atoms with Gasteiger partial charge in [0.25, 0.3) is 0 Å². The molecule has 1 N–H and O–H groups in total. The first-order valence-electron chi connectivity index (χ1n) is 6.90. The van der Waals surface area contributed by atoms with Gasteiger partial charge in [0, 0.05) is 5.69 Å². The van der Waals surface area contributed by atoms with E-state index in [-0.39, 0.29) is 6.61 Å². The van der Waals surface area contributed by atoms with Crippen LogP contribution in [-0.2, 0) is 15.7 Å². The monoisotopic (exact) mass is 303 g/mol. The van der Waals surface area contributed by atoms with Crippen LogP contribution in [0.15, 0.2) is 18.2 Å². The molecule has 0 saturated carbocycles. The van der Waals surface area contributed by atoms with E-state index in [9.17, 15) is 18.0 Å². The fourth-order valence-corrected chi connectivity index (χ4v) is 1.92. The SMILES string of the molecule is CCCC(Nc1cc(C(F)(F)F)ccc1C)C(=O)OCC. The smallest absolute Gasteiger partial charge is 0.416 e. The lowest BCUT2D eigenvalue weighted by Gasteiger charge is -2.20. The summed E-state index contributed by atoms with van der Waals surface area (Å²) in [6.45, 7) is 5.52. The summed E-state index contributed by atoms with van der Waals surface area (Å²) in [7, 11) is 0. The van der Waals surface area contributed by atoms with Gasteiger partial charge in [-0.15, -0.1) is 0 Å². The van der Waals surface area contributed by atoms with Crippen LogP contribution in [0.1, 0.15) is 37.8 Å². The lowest BCUT2D eigenvalue weighted by Crippen LogP contribution is -2.31. The van der Waals surface area contributed by atoms with Gasteiger partial charge in [0.15, 0.2) is 0 Å². The van der Waals surface area contributed by atoms with Crippen molar-refractivity contribution >= 4 is 11.7 Å². The van der Waals surface area contributed by atoms with Crippen LogP contribution in [0.3, 0.4) is 0 Å². The number of alkyl halides is 3. The molecule has 0 heterocycles. The molecule has 6 heteroatoms. The molecule has 0 fully saturated rings. The molecular weight excluding hydrogens is 283 g/mol. The van der Waals surface area contributed by atoms with Crippen molar-refractivity contribution in [2.45, 2.75) is 45.8 Å². The van der Waals surface area contributed by atoms with Crippen molar-refractivity contribution in [1.82, 2.24) is 0 Å². The standard InChI is InChI=1S/C15H20F3NO2/c1-4-6-12(14(20)21-5-2)19-13-9-11(15(16,17)18)8-7-10(13)3/h7-9,12,19H,4-6H2,1-3H3. The van der Waals surface area contributed by atoms with Gasteiger partial charge in [-0.3, -0.25) is 0 Å². The predicted molar refractivity (Wildman–Crippen MR) is 75.1 cm³/mol. The van der Waals surface area contributed by atoms with Gasteiger partial charge in [-0.2, -0.15) is 13.2 Å². The molecule has 1 atom stereocenters. The molecule has 1 rings (SSSR count). The Kier molecular flexibility index (Phi) is 6.05. The summed E-state index contributed by atoms with van der Waals surface area (Å²) >= 11 is 0. The highest BCUT2D eigenvalue weighted by molar-refractivity contribution is 5.79. The summed E-state index contributed by atoms with van der Waals surface area (Å²) in [4.78, 5) is 11.8. The minimum absolute atomic E-state index is 0.238. The van der Waals surface area contributed by atoms with Gasteiger partial charge in [-0.05, 0) is 38.0 Å². The molecule has 0 aliphatic heterocycles. The molecular formula is C15H20F3NO2. The van der Waals surface area contributed by atoms with E-state index in [4.69, 9.17) is 4.74 Å². The van der Waals surface area contributed by atoms with Crippen molar-refractivity contribution in [3.05, 3.63) is 29.3 Å². The second-order valence-electron chi connectivity index (χ2n) is 4.77. The van der Waals surface area contributed by atoms with E-state index in [1.54, 1.807) is 13.8 Å². The number of nitrogens with one attached hydrogen (secondary N) is 1. The molecule has 0 radical (unpaired) electrons. The lowest BCUT2D eigenvalue weighted by molar-refractivity contribution is -0.144. The second kappa shape index (κ2) is 7.33. The first-order chi connectivity index (χ1) is 9.79. The number of hydrogen-bond donors (Lipinski definition) is 1. The molecule has 1 unspecified atom stereocenters. The van der Waals surface area contributed by atoms with Crippen LogP contribution >= 0.6 is 0 Å². The first kappa shape index (κ1) is 17.3. The van der Waals surface area contributed by atoms with Gasteiger partial charge in [0.1, 0.15) is 6.04 Å². The number of esters is 1. The van der Waals surface area contributed by atoms with E-state index < -0.39 is 23.8 Å². The maximum atomic E-state index is 12.7. The molecule has 0 saturated heterocycles. The minimum atomic E-state index is -4.41. The van der Waals surface area contributed by atoms with Crippen LogP contribution < -0.4 is 5.32 Å². The molecule has 0 amide bonds. The second-order valence-corrected chi connectivity index (χ2v) is 4.77. The molecule has 0 aliphatic carbocycles. The molecule has 1 aromatic rings. The number of carbonyl (C=O) groups excluding carboxylic acids is 1. The largest absolute Gasteiger partial charge is 0.464 e. The fourth-order valence-electron chi connectivity index (χ4n) is 1.92. The van der Waals surface area contributed by atoms with Gasteiger partial charge in [-0.25, -0.2) is 4.79 Å². The molecule has 21 heavy (non-hydrogen) atoms. The van der Waals surface area contributed by atoms with Crippen LogP contribution in [0.5, 0.6) is 0 Å². The van der Waals surface area contributed by atoms with E-state index >= 15 is 0 Å². The predicted octanol–water partition coefficient (Wildman–Crippen LogP) is 4.16. The Morgan fingerprint density at radius 3 is 2.52 bits per heavy atom. The molecule has 0 aromatic heterocycles. The third-order valence-corrected chi connectivity index (χ3v) is 3.04. The van der Waals surface area contributed by atoms with E-state index in [1.165, 1.54) is 6.07 Å². The Morgan fingerprint density at radius 2 is 2.00 bits per heavy atom. The number of benzene rings is 1. The maximum Gasteiger partial charge on any atom is 0.416 e. The molecule has 0 spiro atoms. The molecule has 3 nitrogen and oxygen atoms in total. The third kappa shape index (κ3) is 4.95. The molecule has 0 aliphatic rings. The Bertz CT molecular complexity index is 486. The van der Waals surface area contributed by atoms with Crippen LogP contribution in [0, 0.1) is 6.92 Å². The number of halogens is 3. The Balaban J connectivity index is 3.00. The number of carbonyl (C=O) groups is 1. The average molecular weight is 303 g/mol. The third-order valence-electron chi connectivity index (χ3n) is 3.04. The van der Waals surface area contributed by atoms with Crippen LogP contribution in [0.4, 0.5) is 18.9 Å². The summed E-state index contributed by atoms with van der Waals surface area (Å²) in [5, 5.41) is 2.87. The Morgan fingerprint density at radius 1 is 1.33 bits per heavy atom. The number of aryl methyl sites for hydroxylation is 1. The quantitative estimate of drug-likeness (QED) is 0.802. The minimum Gasteiger partial charge on any atom is -0.464 e. The fraction of sp³-hybridized carbons (Fsp3) is 0.533. The van der Waals surface area contributed by atoms with Crippen LogP contribution in [0.2, 0.25) is 0 Å². The van der Waals surface area contributed by atoms with E-state index in [0.717, 1.165) is 12.1 Å². The van der Waals surface area contributed by atoms with Crippen molar-refractivity contribution in [2.24, 2.45) is 0 Å². The van der Waals surface area contributed by atoms with Gasteiger partial charge < -0.3 is 10.1 Å². The molecule has 0 bridgehead atoms. The number of hydrogen-bond acceptors (Lipinski definition) is 3. The molecule has 118 valence electrons. The van der Waals surface area contributed by atoms with E-state index in [0.29, 0.717) is 24.1 Å². The first-order valence-corrected chi connectivity index (χ1v) is 6.90. The Labute approximate surface area is 122 Å². The number of rotatable bonds is 6. The highest BCUT2D eigenvalue weighted by Gasteiger charge is 2.31. The van der Waals surface area contributed by atoms with Crippen LogP contribution in [0.25, 0.3) is 0 Å². The van der Waals surface area contributed by atoms with Crippen molar-refractivity contribution in [1.29, 1.82) is 0 Å². The zero-order valence-corrected chi connectivity index (χ0v) is 12.4. The van der Waals surface area contributed by atoms with Gasteiger partial charge >= 0.3 is 12.1 Å². The molecule has 1 aromatic carbocycles. The zero-order valence-electron chi connectivity index (χ0n) is 12.4. The van der Waals surface area contributed by atoms with Gasteiger partial charge in [0.05, 0.1) is 12.2 Å². The summed E-state index contributed by atoms with van der Waals surface area (Å²) in [5.74, 6) is -0.448. The van der Waals surface area contributed by atoms with E-state index in [2.05, 4.69) is 5.32 Å².